The predicted octanol–water partition coefficient (Wildman–Crippen LogP) is 2.44. The van der Waals surface area contributed by atoms with Crippen molar-refractivity contribution in [2.75, 3.05) is 31.2 Å². The highest BCUT2D eigenvalue weighted by atomic mass is 16.6. The molecule has 0 radical (unpaired) electrons. The van der Waals surface area contributed by atoms with Crippen LogP contribution in [0.5, 0.6) is 0 Å². The summed E-state index contributed by atoms with van der Waals surface area (Å²) in [6.07, 6.45) is 2.01. The average molecular weight is 333 g/mol. The molecule has 1 saturated heterocycles. The number of nitro benzene ring substituents is 1. The van der Waals surface area contributed by atoms with E-state index in [0.717, 1.165) is 18.5 Å². The molecule has 2 fully saturated rings. The molecule has 24 heavy (non-hydrogen) atoms. The van der Waals surface area contributed by atoms with E-state index in [1.165, 1.54) is 12.1 Å². The van der Waals surface area contributed by atoms with Crippen molar-refractivity contribution in [2.45, 2.75) is 38.8 Å². The topological polar surface area (TPSA) is 75.9 Å². The number of benzene rings is 1. The number of amides is 1. The molecule has 1 aliphatic heterocycles. The lowest BCUT2D eigenvalue weighted by atomic mass is 10.1. The zero-order valence-electron chi connectivity index (χ0n) is 14.1. The molecule has 1 aromatic rings. The number of nitrogens with zero attached hydrogens (tertiary/aromatic N) is 3. The molecule has 0 spiro atoms. The number of rotatable bonds is 5. The zero-order chi connectivity index (χ0) is 17.3. The molecule has 130 valence electrons. The van der Waals surface area contributed by atoms with E-state index in [1.807, 2.05) is 18.7 Å². The number of non-ortho nitro benzene ring substituents is 1. The average Bonchev–Trinajstić information content (AvgIpc) is 3.39. The zero-order valence-corrected chi connectivity index (χ0v) is 14.1. The smallest absolute Gasteiger partial charge is 0.270 e. The van der Waals surface area contributed by atoms with Gasteiger partial charge in [-0.25, -0.2) is 0 Å². The Bertz CT molecular complexity index is 635. The SMILES string of the molecule is CC(C)N(C(=O)c1cc([N+](=O)[O-])ccc1N1CCOCC1)C1CC1. The number of carbonyl (C=O) groups excluding carboxylic acids is 1. The van der Waals surface area contributed by atoms with Crippen LogP contribution in [0.1, 0.15) is 37.0 Å². The highest BCUT2D eigenvalue weighted by Gasteiger charge is 2.36. The number of carbonyl (C=O) groups is 1. The second-order valence-corrected chi connectivity index (χ2v) is 6.60. The van der Waals surface area contributed by atoms with Crippen LogP contribution in [0.3, 0.4) is 0 Å². The summed E-state index contributed by atoms with van der Waals surface area (Å²) >= 11 is 0. The Kier molecular flexibility index (Phi) is 4.71. The van der Waals surface area contributed by atoms with Crippen LogP contribution < -0.4 is 4.90 Å². The minimum Gasteiger partial charge on any atom is -0.378 e. The molecule has 1 heterocycles. The second-order valence-electron chi connectivity index (χ2n) is 6.60. The van der Waals surface area contributed by atoms with Gasteiger partial charge in [0.2, 0.25) is 0 Å². The van der Waals surface area contributed by atoms with Gasteiger partial charge in [0.15, 0.2) is 0 Å². The third-order valence-electron chi connectivity index (χ3n) is 4.50. The summed E-state index contributed by atoms with van der Waals surface area (Å²) in [5, 5.41) is 11.2. The number of ether oxygens (including phenoxy) is 1. The number of anilines is 1. The van der Waals surface area contributed by atoms with E-state index >= 15 is 0 Å². The van der Waals surface area contributed by atoms with Gasteiger partial charge in [-0.3, -0.25) is 14.9 Å². The maximum absolute atomic E-state index is 13.2. The van der Waals surface area contributed by atoms with Crippen LogP contribution in [0.15, 0.2) is 18.2 Å². The van der Waals surface area contributed by atoms with E-state index in [-0.39, 0.29) is 23.7 Å². The van der Waals surface area contributed by atoms with E-state index in [4.69, 9.17) is 4.74 Å². The molecule has 0 atom stereocenters. The Labute approximate surface area is 141 Å². The summed E-state index contributed by atoms with van der Waals surface area (Å²) in [4.78, 5) is 27.8. The number of morpholine rings is 1. The van der Waals surface area contributed by atoms with Gasteiger partial charge in [-0.1, -0.05) is 0 Å². The first-order chi connectivity index (χ1) is 11.5. The fourth-order valence-electron chi connectivity index (χ4n) is 3.20. The van der Waals surface area contributed by atoms with Crippen LogP contribution in [0.25, 0.3) is 0 Å². The minimum absolute atomic E-state index is 0.0464. The molecule has 0 aromatic heterocycles. The van der Waals surface area contributed by atoms with Crippen LogP contribution in [-0.4, -0.2) is 54.1 Å². The van der Waals surface area contributed by atoms with E-state index in [2.05, 4.69) is 4.90 Å². The van der Waals surface area contributed by atoms with Crippen LogP contribution in [0.2, 0.25) is 0 Å². The van der Waals surface area contributed by atoms with Gasteiger partial charge in [0, 0.05) is 37.3 Å². The van der Waals surface area contributed by atoms with E-state index in [1.54, 1.807) is 6.07 Å². The summed E-state index contributed by atoms with van der Waals surface area (Å²) in [5.74, 6) is -0.113. The summed E-state index contributed by atoms with van der Waals surface area (Å²) in [6.45, 7) is 6.54. The molecule has 1 aromatic carbocycles. The third kappa shape index (κ3) is 3.36. The van der Waals surface area contributed by atoms with E-state index < -0.39 is 4.92 Å². The molecular formula is C17H23N3O4. The lowest BCUT2D eigenvalue weighted by Crippen LogP contribution is -2.41. The van der Waals surface area contributed by atoms with Crippen LogP contribution in [-0.2, 0) is 4.74 Å². The lowest BCUT2D eigenvalue weighted by Gasteiger charge is -2.32. The largest absolute Gasteiger partial charge is 0.378 e. The summed E-state index contributed by atoms with van der Waals surface area (Å²) < 4.78 is 5.37. The highest BCUT2D eigenvalue weighted by molar-refractivity contribution is 6.01. The Morgan fingerprint density at radius 2 is 2.00 bits per heavy atom. The van der Waals surface area contributed by atoms with Crippen LogP contribution in [0.4, 0.5) is 11.4 Å². The molecule has 1 saturated carbocycles. The van der Waals surface area contributed by atoms with Crippen molar-refractivity contribution >= 4 is 17.3 Å². The summed E-state index contributed by atoms with van der Waals surface area (Å²) in [7, 11) is 0. The van der Waals surface area contributed by atoms with Crippen molar-refractivity contribution in [2.24, 2.45) is 0 Å². The first-order valence-corrected chi connectivity index (χ1v) is 8.43. The molecule has 7 nitrogen and oxygen atoms in total. The van der Waals surface area contributed by atoms with Crippen molar-refractivity contribution in [1.29, 1.82) is 0 Å². The Hall–Kier alpha value is -2.15. The van der Waals surface area contributed by atoms with Crippen molar-refractivity contribution < 1.29 is 14.5 Å². The Balaban J connectivity index is 1.99. The van der Waals surface area contributed by atoms with Crippen molar-refractivity contribution in [3.05, 3.63) is 33.9 Å². The fraction of sp³-hybridized carbons (Fsp3) is 0.588. The number of hydrogen-bond acceptors (Lipinski definition) is 5. The molecule has 3 rings (SSSR count). The molecule has 0 N–H and O–H groups in total. The van der Waals surface area contributed by atoms with Crippen molar-refractivity contribution in [1.82, 2.24) is 4.90 Å². The van der Waals surface area contributed by atoms with Gasteiger partial charge in [-0.05, 0) is 32.8 Å². The summed E-state index contributed by atoms with van der Waals surface area (Å²) in [6, 6.07) is 4.92. The van der Waals surface area contributed by atoms with Gasteiger partial charge in [0.1, 0.15) is 0 Å². The minimum atomic E-state index is -0.448. The maximum Gasteiger partial charge on any atom is 0.270 e. The van der Waals surface area contributed by atoms with E-state index in [9.17, 15) is 14.9 Å². The second kappa shape index (κ2) is 6.76. The van der Waals surface area contributed by atoms with Gasteiger partial charge in [0.25, 0.3) is 11.6 Å². The molecular weight excluding hydrogens is 310 g/mol. The van der Waals surface area contributed by atoms with Gasteiger partial charge in [-0.2, -0.15) is 0 Å². The van der Waals surface area contributed by atoms with Crippen molar-refractivity contribution in [3.63, 3.8) is 0 Å². The molecule has 7 heteroatoms. The van der Waals surface area contributed by atoms with Crippen molar-refractivity contribution in [3.8, 4) is 0 Å². The van der Waals surface area contributed by atoms with Crippen LogP contribution in [0, 0.1) is 10.1 Å². The molecule has 0 bridgehead atoms. The van der Waals surface area contributed by atoms with Gasteiger partial charge in [-0.15, -0.1) is 0 Å². The molecule has 1 amide bonds. The maximum atomic E-state index is 13.2. The molecule has 1 aliphatic carbocycles. The molecule has 2 aliphatic rings. The molecule has 0 unspecified atom stereocenters. The Morgan fingerprint density at radius 1 is 1.33 bits per heavy atom. The van der Waals surface area contributed by atoms with Gasteiger partial charge < -0.3 is 14.5 Å². The lowest BCUT2D eigenvalue weighted by molar-refractivity contribution is -0.384. The summed E-state index contributed by atoms with van der Waals surface area (Å²) in [5.41, 5.74) is 1.14. The fourth-order valence-corrected chi connectivity index (χ4v) is 3.20. The highest BCUT2D eigenvalue weighted by Crippen LogP contribution is 2.33. The monoisotopic (exact) mass is 333 g/mol. The van der Waals surface area contributed by atoms with Gasteiger partial charge in [0.05, 0.1) is 29.4 Å². The van der Waals surface area contributed by atoms with Gasteiger partial charge >= 0.3 is 0 Å². The number of nitro groups is 1. The third-order valence-corrected chi connectivity index (χ3v) is 4.50. The predicted molar refractivity (Wildman–Crippen MR) is 90.5 cm³/mol. The van der Waals surface area contributed by atoms with E-state index in [0.29, 0.717) is 31.9 Å². The first-order valence-electron chi connectivity index (χ1n) is 8.43. The standard InChI is InChI=1S/C17H23N3O4/c1-12(2)19(13-3-4-13)17(21)15-11-14(20(22)23)5-6-16(15)18-7-9-24-10-8-18/h5-6,11-13H,3-4,7-10H2,1-2H3. The first kappa shape index (κ1) is 16.7. The number of hydrogen-bond donors (Lipinski definition) is 0. The Morgan fingerprint density at radius 3 is 2.54 bits per heavy atom. The normalized spacial score (nSPS) is 17.9. The van der Waals surface area contributed by atoms with Crippen LogP contribution >= 0.6 is 0 Å². The quantitative estimate of drug-likeness (QED) is 0.611.